The van der Waals surface area contributed by atoms with Crippen LogP contribution in [0.25, 0.3) is 6.08 Å². The van der Waals surface area contributed by atoms with Gasteiger partial charge >= 0.3 is 6.03 Å². The van der Waals surface area contributed by atoms with Gasteiger partial charge in [0.15, 0.2) is 11.5 Å². The molecule has 0 radical (unpaired) electrons. The Hall–Kier alpha value is -3.32. The normalized spacial score (nSPS) is 15.6. The molecule has 7 nitrogen and oxygen atoms in total. The quantitative estimate of drug-likeness (QED) is 0.628. The molecule has 0 aromatic heterocycles. The Kier molecular flexibility index (Phi) is 5.37. The number of carbonyl (C=O) groups excluding carboxylic acids is 3. The molecule has 2 aromatic carbocycles. The minimum Gasteiger partial charge on any atom is -0.493 e. The number of ether oxygens (including phenoxy) is 2. The summed E-state index contributed by atoms with van der Waals surface area (Å²) in [6.45, 7) is 1.89. The van der Waals surface area contributed by atoms with E-state index in [1.807, 2.05) is 6.92 Å². The van der Waals surface area contributed by atoms with E-state index < -0.39 is 17.8 Å². The highest BCUT2D eigenvalue weighted by molar-refractivity contribution is 6.39. The van der Waals surface area contributed by atoms with Crippen LogP contribution >= 0.6 is 11.6 Å². The molecule has 1 aliphatic rings. The minimum atomic E-state index is -0.804. The lowest BCUT2D eigenvalue weighted by Crippen LogP contribution is -2.54. The zero-order chi connectivity index (χ0) is 20.4. The first-order valence-corrected chi connectivity index (χ1v) is 8.63. The number of imide groups is 2. The molecule has 0 atom stereocenters. The molecule has 0 saturated carbocycles. The second-order valence-electron chi connectivity index (χ2n) is 6.03. The molecule has 1 heterocycles. The third kappa shape index (κ3) is 3.57. The molecule has 0 spiro atoms. The smallest absolute Gasteiger partial charge is 0.335 e. The van der Waals surface area contributed by atoms with E-state index in [4.69, 9.17) is 21.1 Å². The molecule has 144 valence electrons. The monoisotopic (exact) mass is 400 g/mol. The van der Waals surface area contributed by atoms with E-state index in [2.05, 4.69) is 5.32 Å². The van der Waals surface area contributed by atoms with Crippen LogP contribution in [0.5, 0.6) is 11.5 Å². The number of halogens is 1. The number of benzene rings is 2. The van der Waals surface area contributed by atoms with Gasteiger partial charge in [0.2, 0.25) is 0 Å². The van der Waals surface area contributed by atoms with Crippen molar-refractivity contribution in [2.24, 2.45) is 0 Å². The SMILES string of the molecule is COc1cc(/C=C2\C(=O)NC(=O)N(c3ccc(C)cc3)C2=O)cc(Cl)c1OC. The van der Waals surface area contributed by atoms with Crippen LogP contribution in [0.2, 0.25) is 5.02 Å². The third-order valence-electron chi connectivity index (χ3n) is 4.16. The maximum absolute atomic E-state index is 12.9. The lowest BCUT2D eigenvalue weighted by molar-refractivity contribution is -0.122. The predicted molar refractivity (Wildman–Crippen MR) is 105 cm³/mol. The number of nitrogens with one attached hydrogen (secondary N) is 1. The van der Waals surface area contributed by atoms with Crippen molar-refractivity contribution >= 4 is 41.2 Å². The van der Waals surface area contributed by atoms with Crippen molar-refractivity contribution in [3.8, 4) is 11.5 Å². The largest absolute Gasteiger partial charge is 0.493 e. The van der Waals surface area contributed by atoms with Crippen LogP contribution in [-0.4, -0.2) is 32.1 Å². The van der Waals surface area contributed by atoms with Crippen molar-refractivity contribution in [1.29, 1.82) is 0 Å². The van der Waals surface area contributed by atoms with Gasteiger partial charge < -0.3 is 9.47 Å². The lowest BCUT2D eigenvalue weighted by Gasteiger charge is -2.26. The maximum atomic E-state index is 12.9. The number of nitrogens with zero attached hydrogens (tertiary/aromatic N) is 1. The van der Waals surface area contributed by atoms with Gasteiger partial charge in [-0.25, -0.2) is 9.69 Å². The Morgan fingerprint density at radius 1 is 1.04 bits per heavy atom. The first kappa shape index (κ1) is 19.4. The molecule has 0 bridgehead atoms. The summed E-state index contributed by atoms with van der Waals surface area (Å²) in [5.41, 5.74) is 1.57. The van der Waals surface area contributed by atoms with Crippen LogP contribution in [0.1, 0.15) is 11.1 Å². The molecule has 1 N–H and O–H groups in total. The Balaban J connectivity index is 2.04. The topological polar surface area (TPSA) is 84.9 Å². The first-order valence-electron chi connectivity index (χ1n) is 8.25. The fourth-order valence-electron chi connectivity index (χ4n) is 2.77. The molecule has 1 aliphatic heterocycles. The highest BCUT2D eigenvalue weighted by atomic mass is 35.5. The average Bonchev–Trinajstić information content (AvgIpc) is 2.66. The van der Waals surface area contributed by atoms with Gasteiger partial charge in [0, 0.05) is 0 Å². The second kappa shape index (κ2) is 7.74. The average molecular weight is 401 g/mol. The van der Waals surface area contributed by atoms with E-state index >= 15 is 0 Å². The van der Waals surface area contributed by atoms with Gasteiger partial charge in [-0.1, -0.05) is 29.3 Å². The Morgan fingerprint density at radius 2 is 1.71 bits per heavy atom. The molecule has 0 unspecified atom stereocenters. The zero-order valence-electron chi connectivity index (χ0n) is 15.4. The van der Waals surface area contributed by atoms with Gasteiger partial charge in [-0.15, -0.1) is 0 Å². The van der Waals surface area contributed by atoms with Crippen LogP contribution in [0.3, 0.4) is 0 Å². The number of anilines is 1. The fourth-order valence-corrected chi connectivity index (χ4v) is 3.07. The van der Waals surface area contributed by atoms with Gasteiger partial charge in [0.05, 0.1) is 24.9 Å². The number of aryl methyl sites for hydroxylation is 1. The summed E-state index contributed by atoms with van der Waals surface area (Å²) in [5.74, 6) is -0.841. The van der Waals surface area contributed by atoms with E-state index in [0.29, 0.717) is 22.7 Å². The van der Waals surface area contributed by atoms with E-state index in [1.54, 1.807) is 30.3 Å². The van der Waals surface area contributed by atoms with Crippen molar-refractivity contribution in [3.63, 3.8) is 0 Å². The molecule has 1 saturated heterocycles. The molecule has 2 aromatic rings. The first-order chi connectivity index (χ1) is 13.3. The molecule has 1 fully saturated rings. The van der Waals surface area contributed by atoms with Crippen LogP contribution < -0.4 is 19.7 Å². The second-order valence-corrected chi connectivity index (χ2v) is 6.44. The summed E-state index contributed by atoms with van der Waals surface area (Å²) in [7, 11) is 2.90. The number of hydrogen-bond acceptors (Lipinski definition) is 5. The number of carbonyl (C=O) groups is 3. The van der Waals surface area contributed by atoms with E-state index in [9.17, 15) is 14.4 Å². The number of hydrogen-bond donors (Lipinski definition) is 1. The van der Waals surface area contributed by atoms with E-state index in [-0.39, 0.29) is 10.6 Å². The van der Waals surface area contributed by atoms with Crippen LogP contribution in [-0.2, 0) is 9.59 Å². The van der Waals surface area contributed by atoms with Gasteiger partial charge in [-0.05, 0) is 42.8 Å². The van der Waals surface area contributed by atoms with Gasteiger partial charge in [0.25, 0.3) is 11.8 Å². The Bertz CT molecular complexity index is 998. The van der Waals surface area contributed by atoms with Crippen molar-refractivity contribution in [2.45, 2.75) is 6.92 Å². The molecular weight excluding hydrogens is 384 g/mol. The van der Waals surface area contributed by atoms with Crippen molar-refractivity contribution in [3.05, 3.63) is 58.1 Å². The summed E-state index contributed by atoms with van der Waals surface area (Å²) in [6, 6.07) is 9.10. The molecule has 4 amide bonds. The summed E-state index contributed by atoms with van der Waals surface area (Å²) in [4.78, 5) is 38.3. The number of barbiturate groups is 1. The maximum Gasteiger partial charge on any atom is 0.335 e. The van der Waals surface area contributed by atoms with Crippen molar-refractivity contribution in [2.75, 3.05) is 19.1 Å². The summed E-state index contributed by atoms with van der Waals surface area (Å²) in [6.07, 6.45) is 1.35. The van der Waals surface area contributed by atoms with Crippen LogP contribution in [0, 0.1) is 6.92 Å². The lowest BCUT2D eigenvalue weighted by atomic mass is 10.1. The minimum absolute atomic E-state index is 0.205. The van der Waals surface area contributed by atoms with Crippen LogP contribution in [0.15, 0.2) is 42.0 Å². The third-order valence-corrected chi connectivity index (χ3v) is 4.44. The predicted octanol–water partition coefficient (Wildman–Crippen LogP) is 3.33. The number of rotatable bonds is 4. The molecule has 3 rings (SSSR count). The van der Waals surface area contributed by atoms with Gasteiger partial charge in [-0.2, -0.15) is 0 Å². The highest BCUT2D eigenvalue weighted by Crippen LogP contribution is 2.36. The highest BCUT2D eigenvalue weighted by Gasteiger charge is 2.36. The van der Waals surface area contributed by atoms with Crippen molar-refractivity contribution in [1.82, 2.24) is 5.32 Å². The Morgan fingerprint density at radius 3 is 2.32 bits per heavy atom. The molecule has 0 aliphatic carbocycles. The number of amides is 4. The number of urea groups is 1. The van der Waals surface area contributed by atoms with Crippen molar-refractivity contribution < 1.29 is 23.9 Å². The van der Waals surface area contributed by atoms with Gasteiger partial charge in [-0.3, -0.25) is 14.9 Å². The summed E-state index contributed by atoms with van der Waals surface area (Å²) in [5, 5.41) is 2.43. The summed E-state index contributed by atoms with van der Waals surface area (Å²) >= 11 is 6.18. The van der Waals surface area contributed by atoms with E-state index in [0.717, 1.165) is 10.5 Å². The Labute approximate surface area is 166 Å². The van der Waals surface area contributed by atoms with Crippen LogP contribution in [0.4, 0.5) is 10.5 Å². The standard InChI is InChI=1S/C20H17ClN2O5/c1-11-4-6-13(7-5-11)23-19(25)14(18(24)22-20(23)26)8-12-9-15(21)17(28-3)16(10-12)27-2/h4-10H,1-3H3,(H,22,24,26)/b14-8+. The summed E-state index contributed by atoms with van der Waals surface area (Å²) < 4.78 is 10.4. The fraction of sp³-hybridized carbons (Fsp3) is 0.150. The van der Waals surface area contributed by atoms with Gasteiger partial charge in [0.1, 0.15) is 5.57 Å². The molecule has 8 heteroatoms. The molecular formula is C20H17ClN2O5. The van der Waals surface area contributed by atoms with E-state index in [1.165, 1.54) is 26.4 Å². The molecule has 28 heavy (non-hydrogen) atoms. The zero-order valence-corrected chi connectivity index (χ0v) is 16.2. The number of methoxy groups -OCH3 is 2.